The van der Waals surface area contributed by atoms with Crippen LogP contribution in [0.2, 0.25) is 0 Å². The van der Waals surface area contributed by atoms with Gasteiger partial charge in [-0.15, -0.1) is 0 Å². The average molecular weight is 132 g/mol. The molecule has 0 aliphatic carbocycles. The van der Waals surface area contributed by atoms with Crippen LogP contribution in [-0.4, -0.2) is 0 Å². The highest BCUT2D eigenvalue weighted by Crippen LogP contribution is 1.88. The van der Waals surface area contributed by atoms with Crippen LogP contribution in [0.25, 0.3) is 0 Å². The predicted molar refractivity (Wildman–Crippen MR) is 44.7 cm³/mol. The Morgan fingerprint density at radius 2 is 1.75 bits per heavy atom. The van der Waals surface area contributed by atoms with Crippen molar-refractivity contribution in [2.45, 2.75) is 33.1 Å². The third-order valence-electron chi connectivity index (χ3n) is 0.858. The molecule has 0 amide bonds. The number of hydrogen-bond acceptors (Lipinski definition) is 0. The number of allylic oxidation sites excluding steroid dienone is 2. The van der Waals surface area contributed by atoms with Crippen molar-refractivity contribution in [1.82, 2.24) is 0 Å². The van der Waals surface area contributed by atoms with Gasteiger partial charge in [0.1, 0.15) is 0 Å². The van der Waals surface area contributed by atoms with Crippen molar-refractivity contribution in [3.05, 3.63) is 12.2 Å². The Labute approximate surface area is 59.4 Å². The van der Waals surface area contributed by atoms with Gasteiger partial charge in [0.2, 0.25) is 0 Å². The average Bonchev–Trinajstić information content (AvgIpc) is 1.69. The molecule has 0 aromatic rings. The lowest BCUT2D eigenvalue weighted by Crippen LogP contribution is -1.58. The number of hydrogen-bond donors (Lipinski definition) is 0. The lowest BCUT2D eigenvalue weighted by molar-refractivity contribution is 0.952. The van der Waals surface area contributed by atoms with Crippen LogP contribution < -0.4 is 0 Å². The Morgan fingerprint density at radius 3 is 2.12 bits per heavy atom. The van der Waals surface area contributed by atoms with Crippen LogP contribution in [0.3, 0.4) is 0 Å². The summed E-state index contributed by atoms with van der Waals surface area (Å²) in [4.78, 5) is 0. The number of rotatable bonds is 3. The Kier molecular flexibility index (Phi) is 13.9. The quantitative estimate of drug-likeness (QED) is 0.518. The normalized spacial score (nSPS) is 9.25. The molecule has 0 saturated carbocycles. The van der Waals surface area contributed by atoms with Gasteiger partial charge in [0, 0.05) is 0 Å². The first kappa shape index (κ1) is 11.0. The van der Waals surface area contributed by atoms with Crippen molar-refractivity contribution in [3.63, 3.8) is 0 Å². The van der Waals surface area contributed by atoms with Crippen LogP contribution in [0.4, 0.5) is 0 Å². The minimum absolute atomic E-state index is 0. The maximum atomic E-state index is 2.24. The van der Waals surface area contributed by atoms with E-state index in [4.69, 9.17) is 0 Å². The van der Waals surface area contributed by atoms with Crippen molar-refractivity contribution in [3.8, 4) is 0 Å². The third kappa shape index (κ3) is 9.43. The molecule has 0 spiro atoms. The minimum atomic E-state index is 0. The number of unbranched alkanes of at least 4 members (excludes halogenated alkanes) is 1. The lowest BCUT2D eigenvalue weighted by atomic mass is 10.3. The standard InChI is InChI=1S/C7H14.H2S/c1-3-5-7-6-4-2;/h5,7H,3-4,6H2,1-2H3;1H2/b7-5+;. The topological polar surface area (TPSA) is 0 Å². The molecule has 0 bridgehead atoms. The molecule has 0 aromatic carbocycles. The largest absolute Gasteiger partial charge is 0.197 e. The summed E-state index contributed by atoms with van der Waals surface area (Å²) in [6.07, 6.45) is 8.15. The van der Waals surface area contributed by atoms with Crippen LogP contribution in [0, 0.1) is 0 Å². The minimum Gasteiger partial charge on any atom is -0.197 e. The molecule has 0 aromatic heterocycles. The fourth-order valence-corrected chi connectivity index (χ4v) is 0.451. The Morgan fingerprint density at radius 1 is 1.12 bits per heavy atom. The first-order valence-corrected chi connectivity index (χ1v) is 3.06. The molecule has 50 valence electrons. The summed E-state index contributed by atoms with van der Waals surface area (Å²) < 4.78 is 0. The van der Waals surface area contributed by atoms with Gasteiger partial charge in [-0.1, -0.05) is 32.4 Å². The van der Waals surface area contributed by atoms with Gasteiger partial charge in [-0.2, -0.15) is 13.5 Å². The van der Waals surface area contributed by atoms with Gasteiger partial charge in [0.15, 0.2) is 0 Å². The monoisotopic (exact) mass is 132 g/mol. The molecular weight excluding hydrogens is 116 g/mol. The van der Waals surface area contributed by atoms with E-state index in [-0.39, 0.29) is 13.5 Å². The summed E-state index contributed by atoms with van der Waals surface area (Å²) in [6.45, 7) is 4.35. The summed E-state index contributed by atoms with van der Waals surface area (Å²) in [5.74, 6) is 0. The second-order valence-corrected chi connectivity index (χ2v) is 1.67. The molecule has 0 N–H and O–H groups in total. The Bertz CT molecular complexity index is 48.3. The fourth-order valence-electron chi connectivity index (χ4n) is 0.451. The van der Waals surface area contributed by atoms with E-state index in [0.29, 0.717) is 0 Å². The Balaban J connectivity index is 0. The second kappa shape index (κ2) is 10.1. The molecule has 1 heteroatoms. The van der Waals surface area contributed by atoms with Crippen LogP contribution in [0.5, 0.6) is 0 Å². The first-order valence-electron chi connectivity index (χ1n) is 3.06. The maximum absolute atomic E-state index is 2.24. The summed E-state index contributed by atoms with van der Waals surface area (Å²) in [5, 5.41) is 0. The van der Waals surface area contributed by atoms with Crippen molar-refractivity contribution < 1.29 is 0 Å². The van der Waals surface area contributed by atoms with E-state index in [1.54, 1.807) is 0 Å². The zero-order valence-corrected chi connectivity index (χ0v) is 6.78. The van der Waals surface area contributed by atoms with Gasteiger partial charge in [-0.3, -0.25) is 0 Å². The summed E-state index contributed by atoms with van der Waals surface area (Å²) in [6, 6.07) is 0. The zero-order chi connectivity index (χ0) is 5.54. The second-order valence-electron chi connectivity index (χ2n) is 1.67. The van der Waals surface area contributed by atoms with Gasteiger partial charge in [0.05, 0.1) is 0 Å². The van der Waals surface area contributed by atoms with E-state index in [1.807, 2.05) is 0 Å². The van der Waals surface area contributed by atoms with E-state index < -0.39 is 0 Å². The van der Waals surface area contributed by atoms with Gasteiger partial charge < -0.3 is 0 Å². The lowest BCUT2D eigenvalue weighted by Gasteiger charge is -1.79. The third-order valence-corrected chi connectivity index (χ3v) is 0.858. The molecule has 0 aliphatic rings. The van der Waals surface area contributed by atoms with Crippen molar-refractivity contribution >= 4 is 13.5 Å². The SMILES string of the molecule is CC/C=C/CCC.S. The molecule has 0 radical (unpaired) electrons. The Hall–Kier alpha value is 0.0900. The van der Waals surface area contributed by atoms with E-state index in [9.17, 15) is 0 Å². The molecule has 0 atom stereocenters. The van der Waals surface area contributed by atoms with Crippen LogP contribution >= 0.6 is 13.5 Å². The summed E-state index contributed by atoms with van der Waals surface area (Å²) in [5.41, 5.74) is 0. The van der Waals surface area contributed by atoms with E-state index in [1.165, 1.54) is 19.3 Å². The van der Waals surface area contributed by atoms with E-state index in [2.05, 4.69) is 26.0 Å². The van der Waals surface area contributed by atoms with Gasteiger partial charge in [-0.25, -0.2) is 0 Å². The van der Waals surface area contributed by atoms with Crippen LogP contribution in [0.15, 0.2) is 12.2 Å². The first-order chi connectivity index (χ1) is 3.41. The fraction of sp³-hybridized carbons (Fsp3) is 0.714. The predicted octanol–water partition coefficient (Wildman–Crippen LogP) is 2.87. The molecule has 0 heterocycles. The van der Waals surface area contributed by atoms with Crippen molar-refractivity contribution in [1.29, 1.82) is 0 Å². The van der Waals surface area contributed by atoms with E-state index in [0.717, 1.165) is 0 Å². The highest BCUT2D eigenvalue weighted by Gasteiger charge is 1.68. The highest BCUT2D eigenvalue weighted by molar-refractivity contribution is 7.59. The molecular formula is C7H16S. The molecule has 0 rings (SSSR count). The van der Waals surface area contributed by atoms with Crippen LogP contribution in [-0.2, 0) is 0 Å². The van der Waals surface area contributed by atoms with E-state index >= 15 is 0 Å². The molecule has 0 unspecified atom stereocenters. The summed E-state index contributed by atoms with van der Waals surface area (Å²) in [7, 11) is 0. The molecule has 0 fully saturated rings. The van der Waals surface area contributed by atoms with Gasteiger partial charge in [0.25, 0.3) is 0 Å². The van der Waals surface area contributed by atoms with Crippen LogP contribution in [0.1, 0.15) is 33.1 Å². The van der Waals surface area contributed by atoms with Gasteiger partial charge >= 0.3 is 0 Å². The summed E-state index contributed by atoms with van der Waals surface area (Å²) >= 11 is 0. The van der Waals surface area contributed by atoms with Gasteiger partial charge in [-0.05, 0) is 12.8 Å². The molecule has 0 nitrogen and oxygen atoms in total. The highest BCUT2D eigenvalue weighted by atomic mass is 32.1. The maximum Gasteiger partial charge on any atom is -0.0353 e. The molecule has 8 heavy (non-hydrogen) atoms. The van der Waals surface area contributed by atoms with Crippen molar-refractivity contribution in [2.24, 2.45) is 0 Å². The molecule has 0 saturated heterocycles. The molecule has 0 aliphatic heterocycles. The van der Waals surface area contributed by atoms with Crippen molar-refractivity contribution in [2.75, 3.05) is 0 Å². The smallest absolute Gasteiger partial charge is 0.0353 e. The zero-order valence-electron chi connectivity index (χ0n) is 5.78.